The summed E-state index contributed by atoms with van der Waals surface area (Å²) in [5.41, 5.74) is 3.45. The largest absolute Gasteiger partial charge is 0.451 e. The molecule has 4 amide bonds. The molecule has 1 saturated heterocycles. The number of aromatic nitrogens is 4. The fourth-order valence-electron chi connectivity index (χ4n) is 11.3. The molecule has 1 aliphatic rings. The third kappa shape index (κ3) is 19.3. The summed E-state index contributed by atoms with van der Waals surface area (Å²) >= 11 is 0. The number of nitrogens with two attached hydrogens (primary N) is 2. The van der Waals surface area contributed by atoms with Crippen LogP contribution in [0.15, 0.2) is 58.3 Å². The van der Waals surface area contributed by atoms with E-state index in [0.717, 1.165) is 19.6 Å². The number of sulfonamides is 2. The summed E-state index contributed by atoms with van der Waals surface area (Å²) in [6.07, 6.45) is -6.89. The molecule has 2 aromatic heterocycles. The number of aryl methyl sites for hydroxylation is 2. The highest BCUT2D eigenvalue weighted by molar-refractivity contribution is 7.89. The minimum atomic E-state index is -4.07. The van der Waals surface area contributed by atoms with Crippen molar-refractivity contribution >= 4 is 67.6 Å². The number of primary sulfonamides is 2. The molecule has 26 nitrogen and oxygen atoms in total. The standard InChI is InChI=1S/C64H94N10O16S2/c1-35(2)27-49-61(79)87-43(13)57(75)69(15)52(30-38(7)8)64(82)90-54(32-46-21-25-48(26-22-46)34-74-42(12)56(40(10)68-74)92(66,85)86)60(78)72(18)50(28-36(3)4)62(80)88-44(14)58(76)70(16)51(29-37(5)6)63(81)89-53(59(77)71(49)17)31-45-19-23-47(24-20-45)33-73-41(11)55(39(9)67-73)91(65,83)84/h19-26,35-38,43-44,49-54H,27-34H2,1-18H3,(H2,65,83,84)(H2,66,85,86)/t43-,44-,49+,50+,51+,52+,53-,54-/m1/s1. The highest BCUT2D eigenvalue weighted by atomic mass is 32.2. The molecule has 2 aromatic carbocycles. The van der Waals surface area contributed by atoms with Gasteiger partial charge in [0.05, 0.1) is 35.9 Å². The van der Waals surface area contributed by atoms with Gasteiger partial charge in [-0.05, 0) is 113 Å². The zero-order valence-electron chi connectivity index (χ0n) is 56.3. The highest BCUT2D eigenvalue weighted by Gasteiger charge is 2.43. The normalized spacial score (nSPS) is 22.2. The Hall–Kier alpha value is -7.56. The minimum absolute atomic E-state index is 0.00911. The molecule has 5 rings (SSSR count). The molecule has 0 spiro atoms. The third-order valence-corrected chi connectivity index (χ3v) is 18.5. The lowest BCUT2D eigenvalue weighted by molar-refractivity contribution is -0.176. The van der Waals surface area contributed by atoms with Crippen LogP contribution in [0.4, 0.5) is 0 Å². The maximum atomic E-state index is 15.1. The number of hydrogen-bond acceptors (Lipinski definition) is 18. The fourth-order valence-corrected chi connectivity index (χ4v) is 13.2. The summed E-state index contributed by atoms with van der Waals surface area (Å²) in [4.78, 5) is 122. The molecule has 4 N–H and O–H groups in total. The van der Waals surface area contributed by atoms with Gasteiger partial charge in [0, 0.05) is 41.0 Å². The second kappa shape index (κ2) is 31.4. The number of amides is 4. The van der Waals surface area contributed by atoms with Crippen LogP contribution < -0.4 is 10.3 Å². The Morgan fingerprint density at radius 2 is 0.652 bits per heavy atom. The molecule has 3 heterocycles. The van der Waals surface area contributed by atoms with E-state index in [0.29, 0.717) is 33.6 Å². The predicted octanol–water partition coefficient (Wildman–Crippen LogP) is 4.68. The average Bonchev–Trinajstić information content (AvgIpc) is 1.60. The Morgan fingerprint density at radius 3 is 0.891 bits per heavy atom. The smallest absolute Gasteiger partial charge is 0.329 e. The molecular weight excluding hydrogens is 1230 g/mol. The molecule has 1 fully saturated rings. The van der Waals surface area contributed by atoms with Crippen LogP contribution in [0.3, 0.4) is 0 Å². The van der Waals surface area contributed by atoms with Crippen molar-refractivity contribution in [2.75, 3.05) is 28.2 Å². The Bertz CT molecular complexity index is 3320. The first-order valence-corrected chi connectivity index (χ1v) is 33.9. The van der Waals surface area contributed by atoms with Crippen molar-refractivity contribution in [1.29, 1.82) is 0 Å². The van der Waals surface area contributed by atoms with Gasteiger partial charge in [-0.1, -0.05) is 104 Å². The summed E-state index contributed by atoms with van der Waals surface area (Å²) in [5.74, 6) is -8.34. The van der Waals surface area contributed by atoms with E-state index in [1.807, 2.05) is 0 Å². The van der Waals surface area contributed by atoms with Crippen LogP contribution in [-0.2, 0) is 103 Å². The molecule has 1 aliphatic heterocycles. The van der Waals surface area contributed by atoms with Crippen molar-refractivity contribution in [3.8, 4) is 0 Å². The summed E-state index contributed by atoms with van der Waals surface area (Å²) in [5, 5.41) is 19.7. The van der Waals surface area contributed by atoms with Gasteiger partial charge in [0.15, 0.2) is 24.4 Å². The summed E-state index contributed by atoms with van der Waals surface area (Å²) in [6, 6.07) is 8.11. The van der Waals surface area contributed by atoms with E-state index in [-0.39, 0.29) is 96.5 Å². The van der Waals surface area contributed by atoms with Crippen LogP contribution in [-0.4, -0.2) is 180 Å². The number of esters is 4. The van der Waals surface area contributed by atoms with E-state index in [4.69, 9.17) is 29.2 Å². The zero-order valence-corrected chi connectivity index (χ0v) is 57.9. The van der Waals surface area contributed by atoms with Crippen molar-refractivity contribution in [3.63, 3.8) is 0 Å². The second-order valence-corrected chi connectivity index (χ2v) is 28.8. The van der Waals surface area contributed by atoms with Gasteiger partial charge < -0.3 is 38.5 Å². The Kier molecular flexibility index (Phi) is 25.6. The Labute approximate surface area is 541 Å². The number of cyclic esters (lactones) is 4. The van der Waals surface area contributed by atoms with Crippen molar-refractivity contribution in [1.82, 2.24) is 39.2 Å². The molecule has 0 radical (unpaired) electrons. The SMILES string of the molecule is Cc1nn(Cc2ccc(C[C@H]3OC(=O)[C@H](CC(C)C)N(C)C(=O)[C@@H](C)OC(=O)[C@H](CC(C)C)N(C)C(=O)[C@@H](Cc4ccc(Cn5nc(C)c(S(N)(=O)=O)c5C)cc4)OC(=O)[C@H](CC(C)C)N(C)C(=O)[C@@H](C)OC(=O)[C@H](CC(C)C)N(C)C3=O)cc2)c(C)c1S(N)(=O)=O. The molecule has 0 bridgehead atoms. The quantitative estimate of drug-likeness (QED) is 0.101. The van der Waals surface area contributed by atoms with E-state index < -0.39 is 116 Å². The lowest BCUT2D eigenvalue weighted by Gasteiger charge is -2.35. The lowest BCUT2D eigenvalue weighted by Crippen LogP contribution is -2.55. The van der Waals surface area contributed by atoms with E-state index in [1.165, 1.54) is 65.2 Å². The van der Waals surface area contributed by atoms with Gasteiger partial charge in [0.25, 0.3) is 23.6 Å². The maximum Gasteiger partial charge on any atom is 0.329 e. The predicted molar refractivity (Wildman–Crippen MR) is 340 cm³/mol. The molecule has 8 atom stereocenters. The molecule has 4 aromatic rings. The highest BCUT2D eigenvalue weighted by Crippen LogP contribution is 2.27. The van der Waals surface area contributed by atoms with E-state index >= 15 is 9.59 Å². The van der Waals surface area contributed by atoms with Gasteiger partial charge in [-0.25, -0.2) is 46.3 Å². The maximum absolute atomic E-state index is 15.1. The van der Waals surface area contributed by atoms with Gasteiger partial charge in [-0.2, -0.15) is 10.2 Å². The van der Waals surface area contributed by atoms with Crippen LogP contribution >= 0.6 is 0 Å². The molecule has 0 unspecified atom stereocenters. The van der Waals surface area contributed by atoms with Crippen LogP contribution in [0.5, 0.6) is 0 Å². The number of ether oxygens (including phenoxy) is 4. The molecule has 0 saturated carbocycles. The first-order valence-electron chi connectivity index (χ1n) is 30.8. The topological polar surface area (TPSA) is 342 Å². The van der Waals surface area contributed by atoms with Crippen LogP contribution in [0.25, 0.3) is 0 Å². The minimum Gasteiger partial charge on any atom is -0.451 e. The van der Waals surface area contributed by atoms with Gasteiger partial charge >= 0.3 is 23.9 Å². The summed E-state index contributed by atoms with van der Waals surface area (Å²) < 4.78 is 76.6. The summed E-state index contributed by atoms with van der Waals surface area (Å²) in [7, 11) is -2.80. The first-order chi connectivity index (χ1) is 42.6. The number of carbonyl (C=O) groups is 8. The Morgan fingerprint density at radius 1 is 0.413 bits per heavy atom. The number of hydrogen-bond donors (Lipinski definition) is 2. The van der Waals surface area contributed by atoms with Gasteiger partial charge in [0.2, 0.25) is 20.0 Å². The lowest BCUT2D eigenvalue weighted by atomic mass is 9.99. The molecule has 508 valence electrons. The number of benzene rings is 2. The molecule has 0 aliphatic carbocycles. The number of rotatable bonds is 18. The molecular formula is C64H94N10O16S2. The van der Waals surface area contributed by atoms with Crippen molar-refractivity contribution < 1.29 is 74.1 Å². The van der Waals surface area contributed by atoms with Crippen LogP contribution in [0.1, 0.15) is 140 Å². The third-order valence-electron chi connectivity index (χ3n) is 16.2. The van der Waals surface area contributed by atoms with Crippen molar-refractivity contribution in [2.24, 2.45) is 33.9 Å². The average molecular weight is 1320 g/mol. The van der Waals surface area contributed by atoms with Crippen LogP contribution in [0, 0.1) is 51.4 Å². The summed E-state index contributed by atoms with van der Waals surface area (Å²) in [6.45, 7) is 23.6. The van der Waals surface area contributed by atoms with Gasteiger partial charge in [-0.15, -0.1) is 0 Å². The molecule has 92 heavy (non-hydrogen) atoms. The monoisotopic (exact) mass is 1320 g/mol. The van der Waals surface area contributed by atoms with E-state index in [9.17, 15) is 45.6 Å². The second-order valence-electron chi connectivity index (χ2n) is 25.8. The van der Waals surface area contributed by atoms with E-state index in [2.05, 4.69) is 10.2 Å². The number of likely N-dealkylation sites (N-methyl/N-ethyl adjacent to an activating group) is 4. The first kappa shape index (κ1) is 75.2. The number of nitrogens with zero attached hydrogens (tertiary/aromatic N) is 8. The molecule has 28 heteroatoms. The van der Waals surface area contributed by atoms with Crippen molar-refractivity contribution in [2.45, 2.75) is 207 Å². The van der Waals surface area contributed by atoms with Crippen LogP contribution in [0.2, 0.25) is 0 Å². The van der Waals surface area contributed by atoms with Gasteiger partial charge in [0.1, 0.15) is 34.0 Å². The fraction of sp³-hybridized carbons (Fsp3) is 0.594. The zero-order chi connectivity index (χ0) is 69.3. The van der Waals surface area contributed by atoms with Gasteiger partial charge in [-0.3, -0.25) is 28.5 Å². The van der Waals surface area contributed by atoms with E-state index in [1.54, 1.807) is 118 Å². The van der Waals surface area contributed by atoms with Crippen molar-refractivity contribution in [3.05, 3.63) is 93.6 Å². The Balaban J connectivity index is 1.60. The number of carbonyl (C=O) groups excluding carboxylic acids is 8.